The Hall–Kier alpha value is -3.08. The number of carbonyl (C=O) groups excluding carboxylic acids is 1. The van der Waals surface area contributed by atoms with Gasteiger partial charge < -0.3 is 18.9 Å². The van der Waals surface area contributed by atoms with E-state index in [0.717, 1.165) is 16.5 Å². The van der Waals surface area contributed by atoms with Crippen LogP contribution >= 0.6 is 11.8 Å². The summed E-state index contributed by atoms with van der Waals surface area (Å²) >= 11 is 1.29. The van der Waals surface area contributed by atoms with Crippen LogP contribution in [-0.4, -0.2) is 68.4 Å². The molecule has 8 nitrogen and oxygen atoms in total. The number of piperidine rings is 1. The van der Waals surface area contributed by atoms with E-state index >= 15 is 0 Å². The Bertz CT molecular complexity index is 1380. The summed E-state index contributed by atoms with van der Waals surface area (Å²) in [6.45, 7) is 2.99. The third-order valence-electron chi connectivity index (χ3n) is 6.62. The Balaban J connectivity index is 1.21. The average Bonchev–Trinajstić information content (AvgIpc) is 3.47. The number of benzene rings is 2. The number of aromatic nitrogens is 4. The largest absolute Gasteiger partial charge is 0.347 e. The highest BCUT2D eigenvalue weighted by Gasteiger charge is 2.40. The number of ether oxygens (including phenoxy) is 2. The number of rotatable bonds is 5. The topological polar surface area (TPSA) is 82.4 Å². The Morgan fingerprint density at radius 1 is 1.03 bits per heavy atom. The van der Waals surface area contributed by atoms with E-state index in [0.29, 0.717) is 62.0 Å². The minimum Gasteiger partial charge on any atom is -0.347 e. The number of hydrogen-bond donors (Lipinski definition) is 0. The Labute approximate surface area is 205 Å². The molecule has 0 N–H and O–H groups in total. The molecule has 2 aromatic carbocycles. The summed E-state index contributed by atoms with van der Waals surface area (Å²) in [4.78, 5) is 19.4. The summed E-state index contributed by atoms with van der Waals surface area (Å²) in [6.07, 6.45) is 1.38. The lowest BCUT2D eigenvalue weighted by Crippen LogP contribution is -2.47. The fraction of sp³-hybridized carbons (Fsp3) is 0.360. The zero-order chi connectivity index (χ0) is 23.8. The van der Waals surface area contributed by atoms with E-state index in [1.807, 2.05) is 29.2 Å². The third kappa shape index (κ3) is 4.37. The molecular weight excluding hydrogens is 469 g/mol. The van der Waals surface area contributed by atoms with Crippen LogP contribution in [0.5, 0.6) is 0 Å². The van der Waals surface area contributed by atoms with Crippen molar-refractivity contribution in [2.75, 3.05) is 32.1 Å². The molecule has 2 saturated heterocycles. The van der Waals surface area contributed by atoms with Crippen LogP contribution in [0, 0.1) is 5.82 Å². The molecule has 1 spiro atoms. The fourth-order valence-electron chi connectivity index (χ4n) is 4.78. The molecule has 6 rings (SSSR count). The Kier molecular flexibility index (Phi) is 5.87. The average molecular weight is 494 g/mol. The van der Waals surface area contributed by atoms with E-state index in [2.05, 4.69) is 14.8 Å². The molecule has 180 valence electrons. The van der Waals surface area contributed by atoms with Crippen LogP contribution in [0.1, 0.15) is 18.4 Å². The summed E-state index contributed by atoms with van der Waals surface area (Å²) in [5.74, 6) is -0.492. The summed E-state index contributed by atoms with van der Waals surface area (Å²) in [5.41, 5.74) is 3.33. The Morgan fingerprint density at radius 3 is 2.54 bits per heavy atom. The van der Waals surface area contributed by atoms with Gasteiger partial charge in [-0.25, -0.2) is 9.37 Å². The summed E-state index contributed by atoms with van der Waals surface area (Å²) in [5, 5.41) is 10.1. The molecule has 35 heavy (non-hydrogen) atoms. The monoisotopic (exact) mass is 493 g/mol. The van der Waals surface area contributed by atoms with E-state index < -0.39 is 5.79 Å². The van der Waals surface area contributed by atoms with Gasteiger partial charge in [-0.3, -0.25) is 4.79 Å². The van der Waals surface area contributed by atoms with Crippen molar-refractivity contribution >= 4 is 39.7 Å². The van der Waals surface area contributed by atoms with Crippen LogP contribution in [0.3, 0.4) is 0 Å². The number of likely N-dealkylation sites (tertiary alicyclic amines) is 1. The second kappa shape index (κ2) is 9.18. The van der Waals surface area contributed by atoms with Crippen LogP contribution in [-0.2, 0) is 20.8 Å². The molecule has 4 heterocycles. The van der Waals surface area contributed by atoms with Crippen molar-refractivity contribution < 1.29 is 18.7 Å². The summed E-state index contributed by atoms with van der Waals surface area (Å²) in [6, 6.07) is 14.4. The molecule has 10 heteroatoms. The number of hydrogen-bond acceptors (Lipinski definition) is 7. The minimum atomic E-state index is -0.500. The third-order valence-corrected chi connectivity index (χ3v) is 7.45. The van der Waals surface area contributed by atoms with Gasteiger partial charge in [-0.1, -0.05) is 42.1 Å². The number of para-hydroxylation sites is 1. The van der Waals surface area contributed by atoms with E-state index in [-0.39, 0.29) is 17.5 Å². The van der Waals surface area contributed by atoms with E-state index in [9.17, 15) is 9.18 Å². The molecule has 2 fully saturated rings. The maximum absolute atomic E-state index is 13.4. The molecule has 0 bridgehead atoms. The van der Waals surface area contributed by atoms with Crippen LogP contribution in [0.2, 0.25) is 0 Å². The van der Waals surface area contributed by atoms with Gasteiger partial charge in [0, 0.05) is 37.9 Å². The standard InChI is InChI=1S/C25H24FN5O3S/c26-18-7-5-17(6-8-18)15-31-20-4-2-1-3-19(20)22-23(31)27-24(29-28-22)35-16-21(32)30-11-9-25(10-12-30)33-13-14-34-25/h1-8H,9-16H2. The van der Waals surface area contributed by atoms with Crippen LogP contribution in [0.15, 0.2) is 53.7 Å². The number of carbonyl (C=O) groups is 1. The van der Waals surface area contributed by atoms with Gasteiger partial charge in [0.15, 0.2) is 11.4 Å². The van der Waals surface area contributed by atoms with Crippen LogP contribution < -0.4 is 0 Å². The fourth-order valence-corrected chi connectivity index (χ4v) is 5.47. The highest BCUT2D eigenvalue weighted by molar-refractivity contribution is 7.99. The number of amides is 1. The first kappa shape index (κ1) is 22.4. The van der Waals surface area contributed by atoms with Crippen molar-refractivity contribution in [1.82, 2.24) is 24.6 Å². The number of nitrogens with zero attached hydrogens (tertiary/aromatic N) is 5. The van der Waals surface area contributed by atoms with E-state index in [1.165, 1.54) is 23.9 Å². The second-order valence-corrected chi connectivity index (χ2v) is 9.72. The first-order valence-corrected chi connectivity index (χ1v) is 12.6. The van der Waals surface area contributed by atoms with Gasteiger partial charge in [0.2, 0.25) is 11.1 Å². The normalized spacial score (nSPS) is 17.6. The van der Waals surface area contributed by atoms with Crippen molar-refractivity contribution in [2.24, 2.45) is 0 Å². The zero-order valence-electron chi connectivity index (χ0n) is 19.0. The van der Waals surface area contributed by atoms with Crippen molar-refractivity contribution in [3.63, 3.8) is 0 Å². The van der Waals surface area contributed by atoms with Gasteiger partial charge in [0.05, 0.1) is 24.5 Å². The lowest BCUT2D eigenvalue weighted by atomic mass is 10.0. The van der Waals surface area contributed by atoms with Gasteiger partial charge in [-0.2, -0.15) is 0 Å². The maximum atomic E-state index is 13.4. The van der Waals surface area contributed by atoms with Crippen LogP contribution in [0.25, 0.3) is 22.1 Å². The van der Waals surface area contributed by atoms with Gasteiger partial charge in [0.25, 0.3) is 0 Å². The second-order valence-electron chi connectivity index (χ2n) is 8.77. The van der Waals surface area contributed by atoms with E-state index in [1.54, 1.807) is 12.1 Å². The molecule has 0 saturated carbocycles. The van der Waals surface area contributed by atoms with Crippen molar-refractivity contribution in [3.05, 3.63) is 59.9 Å². The first-order chi connectivity index (χ1) is 17.1. The maximum Gasteiger partial charge on any atom is 0.233 e. The van der Waals surface area contributed by atoms with Crippen molar-refractivity contribution in [1.29, 1.82) is 0 Å². The molecular formula is C25H24FN5O3S. The molecule has 2 aliphatic rings. The zero-order valence-corrected chi connectivity index (χ0v) is 19.8. The number of fused-ring (bicyclic) bond motifs is 3. The molecule has 0 atom stereocenters. The molecule has 2 aromatic heterocycles. The summed E-state index contributed by atoms with van der Waals surface area (Å²) < 4.78 is 27.0. The predicted octanol–water partition coefficient (Wildman–Crippen LogP) is 3.62. The SMILES string of the molecule is O=C(CSc1nnc2c3ccccc3n(Cc3ccc(F)cc3)c2n1)N1CCC2(CC1)OCCO2. The van der Waals surface area contributed by atoms with Gasteiger partial charge in [0.1, 0.15) is 11.3 Å². The molecule has 2 aliphatic heterocycles. The van der Waals surface area contributed by atoms with Gasteiger partial charge in [-0.15, -0.1) is 10.2 Å². The first-order valence-electron chi connectivity index (χ1n) is 11.6. The van der Waals surface area contributed by atoms with E-state index in [4.69, 9.17) is 14.5 Å². The summed E-state index contributed by atoms with van der Waals surface area (Å²) in [7, 11) is 0. The van der Waals surface area contributed by atoms with Gasteiger partial charge in [-0.05, 0) is 23.8 Å². The van der Waals surface area contributed by atoms with Crippen molar-refractivity contribution in [3.8, 4) is 0 Å². The number of thioether (sulfide) groups is 1. The lowest BCUT2D eigenvalue weighted by molar-refractivity contribution is -0.186. The number of halogens is 1. The molecule has 0 unspecified atom stereocenters. The predicted molar refractivity (Wildman–Crippen MR) is 130 cm³/mol. The van der Waals surface area contributed by atoms with Crippen molar-refractivity contribution in [2.45, 2.75) is 30.3 Å². The molecule has 0 radical (unpaired) electrons. The smallest absolute Gasteiger partial charge is 0.233 e. The van der Waals surface area contributed by atoms with Crippen LogP contribution in [0.4, 0.5) is 4.39 Å². The molecule has 1 amide bonds. The molecule has 4 aromatic rings. The lowest BCUT2D eigenvalue weighted by Gasteiger charge is -2.37. The van der Waals surface area contributed by atoms with Gasteiger partial charge >= 0.3 is 0 Å². The quantitative estimate of drug-likeness (QED) is 0.393. The highest BCUT2D eigenvalue weighted by atomic mass is 32.2. The highest BCUT2D eigenvalue weighted by Crippen LogP contribution is 2.32. The Morgan fingerprint density at radius 2 is 1.77 bits per heavy atom. The minimum absolute atomic E-state index is 0.0402. The molecule has 0 aliphatic carbocycles.